The Balaban J connectivity index is 2.18. The van der Waals surface area contributed by atoms with Crippen molar-refractivity contribution in [2.75, 3.05) is 0 Å². The SMILES string of the molecule is Clc1cnc(Oc2cccc(Br)c2)nc1. The highest BCUT2D eigenvalue weighted by molar-refractivity contribution is 9.10. The third kappa shape index (κ3) is 2.91. The number of benzene rings is 1. The number of halogens is 2. The zero-order valence-electron chi connectivity index (χ0n) is 7.52. The van der Waals surface area contributed by atoms with Crippen molar-refractivity contribution >= 4 is 27.5 Å². The fraction of sp³-hybridized carbons (Fsp3) is 0. The average molecular weight is 286 g/mol. The molecule has 0 saturated carbocycles. The zero-order valence-corrected chi connectivity index (χ0v) is 9.86. The molecule has 0 N–H and O–H groups in total. The van der Waals surface area contributed by atoms with Crippen LogP contribution in [0.5, 0.6) is 11.8 Å². The second-order valence-corrected chi connectivity index (χ2v) is 4.10. The molecule has 2 aromatic rings. The van der Waals surface area contributed by atoms with Crippen LogP contribution in [0.15, 0.2) is 41.1 Å². The monoisotopic (exact) mass is 284 g/mol. The first kappa shape index (κ1) is 10.4. The van der Waals surface area contributed by atoms with Crippen molar-refractivity contribution in [3.8, 4) is 11.8 Å². The van der Waals surface area contributed by atoms with E-state index in [4.69, 9.17) is 16.3 Å². The highest BCUT2D eigenvalue weighted by atomic mass is 79.9. The van der Waals surface area contributed by atoms with Gasteiger partial charge in [0, 0.05) is 4.47 Å². The number of hydrogen-bond acceptors (Lipinski definition) is 3. The molecule has 1 aromatic carbocycles. The van der Waals surface area contributed by atoms with Crippen LogP contribution in [0.3, 0.4) is 0 Å². The highest BCUT2D eigenvalue weighted by Gasteiger charge is 2.00. The van der Waals surface area contributed by atoms with Crippen LogP contribution < -0.4 is 4.74 Å². The minimum absolute atomic E-state index is 0.275. The summed E-state index contributed by atoms with van der Waals surface area (Å²) < 4.78 is 6.34. The molecule has 3 nitrogen and oxygen atoms in total. The van der Waals surface area contributed by atoms with Crippen molar-refractivity contribution < 1.29 is 4.74 Å². The van der Waals surface area contributed by atoms with Gasteiger partial charge >= 0.3 is 6.01 Å². The number of rotatable bonds is 2. The normalized spacial score (nSPS) is 10.0. The molecule has 15 heavy (non-hydrogen) atoms. The second kappa shape index (κ2) is 4.59. The minimum Gasteiger partial charge on any atom is -0.424 e. The van der Waals surface area contributed by atoms with Crippen LogP contribution >= 0.6 is 27.5 Å². The highest BCUT2D eigenvalue weighted by Crippen LogP contribution is 2.21. The molecule has 0 atom stereocenters. The maximum absolute atomic E-state index is 5.65. The van der Waals surface area contributed by atoms with Crippen LogP contribution in [0.2, 0.25) is 5.02 Å². The van der Waals surface area contributed by atoms with Gasteiger partial charge in [0.1, 0.15) is 5.75 Å². The molecule has 0 spiro atoms. The van der Waals surface area contributed by atoms with Crippen molar-refractivity contribution in [3.63, 3.8) is 0 Å². The summed E-state index contributed by atoms with van der Waals surface area (Å²) in [5.74, 6) is 0.673. The smallest absolute Gasteiger partial charge is 0.321 e. The van der Waals surface area contributed by atoms with Gasteiger partial charge in [-0.05, 0) is 18.2 Å². The summed E-state index contributed by atoms with van der Waals surface area (Å²) in [7, 11) is 0. The first-order valence-electron chi connectivity index (χ1n) is 4.15. The van der Waals surface area contributed by atoms with E-state index in [2.05, 4.69) is 25.9 Å². The predicted octanol–water partition coefficient (Wildman–Crippen LogP) is 3.68. The summed E-state index contributed by atoms with van der Waals surface area (Å²) in [6, 6.07) is 7.71. The Bertz CT molecular complexity index is 461. The largest absolute Gasteiger partial charge is 0.424 e. The lowest BCUT2D eigenvalue weighted by molar-refractivity contribution is 0.441. The van der Waals surface area contributed by atoms with E-state index in [1.807, 2.05) is 24.3 Å². The molecule has 0 fully saturated rings. The molecule has 1 heterocycles. The van der Waals surface area contributed by atoms with Crippen molar-refractivity contribution in [3.05, 3.63) is 46.2 Å². The standard InChI is InChI=1S/C10H6BrClN2O/c11-7-2-1-3-9(4-7)15-10-13-5-8(12)6-14-10/h1-6H. The summed E-state index contributed by atoms with van der Waals surface area (Å²) in [5.41, 5.74) is 0. The lowest BCUT2D eigenvalue weighted by Crippen LogP contribution is -1.90. The molecular formula is C10H6BrClN2O. The molecule has 0 saturated heterocycles. The fourth-order valence-corrected chi connectivity index (χ4v) is 1.46. The van der Waals surface area contributed by atoms with E-state index >= 15 is 0 Å². The quantitative estimate of drug-likeness (QED) is 0.844. The Morgan fingerprint density at radius 3 is 2.60 bits per heavy atom. The predicted molar refractivity (Wildman–Crippen MR) is 61.3 cm³/mol. The topological polar surface area (TPSA) is 35.0 Å². The maximum Gasteiger partial charge on any atom is 0.321 e. The average Bonchev–Trinajstić information content (AvgIpc) is 2.22. The lowest BCUT2D eigenvalue weighted by Gasteiger charge is -2.02. The Kier molecular flexibility index (Phi) is 3.18. The summed E-state index contributed by atoms with van der Waals surface area (Å²) in [6.45, 7) is 0. The summed E-state index contributed by atoms with van der Waals surface area (Å²) in [5, 5.41) is 0.483. The van der Waals surface area contributed by atoms with Crippen molar-refractivity contribution in [2.24, 2.45) is 0 Å². The van der Waals surface area contributed by atoms with E-state index in [0.29, 0.717) is 10.8 Å². The first-order chi connectivity index (χ1) is 7.24. The molecule has 2 rings (SSSR count). The number of hydrogen-bond donors (Lipinski definition) is 0. The molecule has 0 aliphatic heterocycles. The Morgan fingerprint density at radius 1 is 1.20 bits per heavy atom. The van der Waals surface area contributed by atoms with Crippen LogP contribution in [-0.2, 0) is 0 Å². The first-order valence-corrected chi connectivity index (χ1v) is 5.32. The van der Waals surface area contributed by atoms with E-state index in [9.17, 15) is 0 Å². The second-order valence-electron chi connectivity index (χ2n) is 2.74. The van der Waals surface area contributed by atoms with E-state index in [1.54, 1.807) is 0 Å². The third-order valence-electron chi connectivity index (χ3n) is 1.60. The van der Waals surface area contributed by atoms with Crippen LogP contribution in [0.1, 0.15) is 0 Å². The van der Waals surface area contributed by atoms with Crippen LogP contribution in [0.4, 0.5) is 0 Å². The molecule has 0 bridgehead atoms. The third-order valence-corrected chi connectivity index (χ3v) is 2.29. The van der Waals surface area contributed by atoms with Gasteiger partial charge in [-0.1, -0.05) is 33.6 Å². The Labute approximate surface area is 100 Å². The Hall–Kier alpha value is -1.13. The van der Waals surface area contributed by atoms with E-state index < -0.39 is 0 Å². The molecular weight excluding hydrogens is 279 g/mol. The molecule has 76 valence electrons. The zero-order chi connectivity index (χ0) is 10.7. The molecule has 5 heteroatoms. The van der Waals surface area contributed by atoms with Gasteiger partial charge in [0.05, 0.1) is 17.4 Å². The molecule has 0 aliphatic carbocycles. The minimum atomic E-state index is 0.275. The molecule has 0 aliphatic rings. The summed E-state index contributed by atoms with van der Waals surface area (Å²) in [4.78, 5) is 7.85. The molecule has 0 amide bonds. The number of aromatic nitrogens is 2. The fourth-order valence-electron chi connectivity index (χ4n) is 0.989. The number of ether oxygens (including phenoxy) is 1. The van der Waals surface area contributed by atoms with E-state index in [0.717, 1.165) is 4.47 Å². The van der Waals surface area contributed by atoms with Crippen molar-refractivity contribution in [2.45, 2.75) is 0 Å². The van der Waals surface area contributed by atoms with Crippen molar-refractivity contribution in [1.82, 2.24) is 9.97 Å². The van der Waals surface area contributed by atoms with Gasteiger partial charge in [-0.2, -0.15) is 0 Å². The summed E-state index contributed by atoms with van der Waals surface area (Å²) in [6.07, 6.45) is 2.98. The van der Waals surface area contributed by atoms with Gasteiger partial charge in [-0.25, -0.2) is 9.97 Å². The van der Waals surface area contributed by atoms with Gasteiger partial charge in [0.15, 0.2) is 0 Å². The molecule has 1 aromatic heterocycles. The molecule has 0 radical (unpaired) electrons. The van der Waals surface area contributed by atoms with Gasteiger partial charge < -0.3 is 4.74 Å². The van der Waals surface area contributed by atoms with Crippen LogP contribution in [0, 0.1) is 0 Å². The van der Waals surface area contributed by atoms with Gasteiger partial charge in [0.2, 0.25) is 0 Å². The summed E-state index contributed by atoms with van der Waals surface area (Å²) >= 11 is 9.00. The van der Waals surface area contributed by atoms with Gasteiger partial charge in [-0.15, -0.1) is 0 Å². The Morgan fingerprint density at radius 2 is 1.93 bits per heavy atom. The van der Waals surface area contributed by atoms with E-state index in [-0.39, 0.29) is 6.01 Å². The van der Waals surface area contributed by atoms with E-state index in [1.165, 1.54) is 12.4 Å². The van der Waals surface area contributed by atoms with Gasteiger partial charge in [0.25, 0.3) is 0 Å². The van der Waals surface area contributed by atoms with Gasteiger partial charge in [-0.3, -0.25) is 0 Å². The van der Waals surface area contributed by atoms with Crippen LogP contribution in [0.25, 0.3) is 0 Å². The number of nitrogens with zero attached hydrogens (tertiary/aromatic N) is 2. The maximum atomic E-state index is 5.65. The lowest BCUT2D eigenvalue weighted by atomic mass is 10.3. The molecule has 0 unspecified atom stereocenters. The van der Waals surface area contributed by atoms with Crippen molar-refractivity contribution in [1.29, 1.82) is 0 Å². The van der Waals surface area contributed by atoms with Crippen LogP contribution in [-0.4, -0.2) is 9.97 Å².